The molecule has 0 saturated heterocycles. The monoisotopic (exact) mass is 404 g/mol. The molecule has 0 aliphatic rings. The molecule has 146 valence electrons. The topological polar surface area (TPSA) is 47.6 Å². The van der Waals surface area contributed by atoms with E-state index in [9.17, 15) is 36.9 Å². The molecule has 8 heteroatoms. The van der Waals surface area contributed by atoms with Crippen molar-refractivity contribution in [3.05, 3.63) is 70.5 Å². The minimum Gasteiger partial charge on any atom is -0.210 e. The van der Waals surface area contributed by atoms with Gasteiger partial charge in [-0.15, -0.1) is 0 Å². The number of rotatable bonds is 3. The normalized spacial score (nSPS) is 11.5. The van der Waals surface area contributed by atoms with Crippen molar-refractivity contribution in [1.82, 2.24) is 0 Å². The Morgan fingerprint density at radius 2 is 1.66 bits per heavy atom. The first kappa shape index (κ1) is 20.2. The highest BCUT2D eigenvalue weighted by molar-refractivity contribution is 6.01. The average Bonchev–Trinajstić information content (AvgIpc) is 2.64. The number of benzene rings is 3. The van der Waals surface area contributed by atoms with E-state index in [0.29, 0.717) is 17.5 Å². The maximum absolute atomic E-state index is 13.8. The van der Waals surface area contributed by atoms with Crippen molar-refractivity contribution < 1.29 is 26.3 Å². The summed E-state index contributed by atoms with van der Waals surface area (Å²) in [5, 5.41) is 19.3. The molecule has 3 aromatic carbocycles. The molecule has 0 atom stereocenters. The standard InChI is InChI=1S/C21H10F6N2/c22-16-2-1-12-6-14(9-28)18(10-29)20(17(12)8-16)13-3-11(5-19(23)24)4-15(7-13)21(25,26)27/h1-4,6-8,19H,5H2. The molecule has 0 aliphatic heterocycles. The Morgan fingerprint density at radius 3 is 2.24 bits per heavy atom. The minimum absolute atomic E-state index is 0.0999. The molecule has 0 radical (unpaired) electrons. The Hall–Kier alpha value is -3.52. The Kier molecular flexibility index (Phi) is 5.21. The zero-order chi connectivity index (χ0) is 21.3. The van der Waals surface area contributed by atoms with E-state index >= 15 is 0 Å². The predicted octanol–water partition coefficient (Wildman–Crippen LogP) is 6.22. The first-order valence-electron chi connectivity index (χ1n) is 8.20. The molecular weight excluding hydrogens is 394 g/mol. The number of hydrogen-bond acceptors (Lipinski definition) is 2. The fraction of sp³-hybridized carbons (Fsp3) is 0.143. The average molecular weight is 404 g/mol. The van der Waals surface area contributed by atoms with Crippen LogP contribution in [0.1, 0.15) is 22.3 Å². The maximum Gasteiger partial charge on any atom is 0.416 e. The molecule has 3 aromatic rings. The van der Waals surface area contributed by atoms with Gasteiger partial charge in [-0.3, -0.25) is 0 Å². The highest BCUT2D eigenvalue weighted by atomic mass is 19.4. The number of fused-ring (bicyclic) bond motifs is 1. The van der Waals surface area contributed by atoms with Gasteiger partial charge in [-0.25, -0.2) is 13.2 Å². The third kappa shape index (κ3) is 4.02. The van der Waals surface area contributed by atoms with Crippen molar-refractivity contribution >= 4 is 10.8 Å². The highest BCUT2D eigenvalue weighted by Gasteiger charge is 2.32. The molecule has 0 unspecified atom stereocenters. The van der Waals surface area contributed by atoms with Crippen molar-refractivity contribution in [2.45, 2.75) is 19.0 Å². The lowest BCUT2D eigenvalue weighted by Crippen LogP contribution is -2.08. The van der Waals surface area contributed by atoms with Gasteiger partial charge in [-0.1, -0.05) is 12.1 Å². The Labute approximate surface area is 161 Å². The SMILES string of the molecule is N#Cc1cc2ccc(F)cc2c(-c2cc(CC(F)F)cc(C(F)(F)F)c2)c1C#N. The second kappa shape index (κ2) is 7.48. The van der Waals surface area contributed by atoms with Gasteiger partial charge in [0.15, 0.2) is 0 Å². The molecular formula is C21H10F6N2. The Bertz CT molecular complexity index is 1180. The van der Waals surface area contributed by atoms with Crippen LogP contribution in [0.5, 0.6) is 0 Å². The third-order valence-corrected chi connectivity index (χ3v) is 4.33. The molecule has 0 N–H and O–H groups in total. The maximum atomic E-state index is 13.8. The molecule has 0 saturated carbocycles. The molecule has 0 fully saturated rings. The summed E-state index contributed by atoms with van der Waals surface area (Å²) >= 11 is 0. The van der Waals surface area contributed by atoms with E-state index < -0.39 is 30.4 Å². The van der Waals surface area contributed by atoms with Crippen LogP contribution in [0.4, 0.5) is 26.3 Å². The fourth-order valence-corrected chi connectivity index (χ4v) is 3.17. The van der Waals surface area contributed by atoms with Crippen molar-refractivity contribution in [1.29, 1.82) is 10.5 Å². The molecule has 0 spiro atoms. The second-order valence-corrected chi connectivity index (χ2v) is 6.27. The van der Waals surface area contributed by atoms with Crippen LogP contribution in [-0.2, 0) is 12.6 Å². The van der Waals surface area contributed by atoms with Gasteiger partial charge >= 0.3 is 6.18 Å². The summed E-state index contributed by atoms with van der Waals surface area (Å²) in [6, 6.07) is 10.8. The van der Waals surface area contributed by atoms with Crippen molar-refractivity contribution in [3.8, 4) is 23.3 Å². The molecule has 0 aromatic heterocycles. The summed E-state index contributed by atoms with van der Waals surface area (Å²) < 4.78 is 79.5. The molecule has 0 amide bonds. The number of halogens is 6. The largest absolute Gasteiger partial charge is 0.416 e. The smallest absolute Gasteiger partial charge is 0.210 e. The van der Waals surface area contributed by atoms with Crippen LogP contribution < -0.4 is 0 Å². The van der Waals surface area contributed by atoms with Crippen LogP contribution in [0.15, 0.2) is 42.5 Å². The van der Waals surface area contributed by atoms with Gasteiger partial charge in [0.05, 0.1) is 16.7 Å². The van der Waals surface area contributed by atoms with Gasteiger partial charge in [0, 0.05) is 12.0 Å². The zero-order valence-corrected chi connectivity index (χ0v) is 14.5. The molecule has 2 nitrogen and oxygen atoms in total. The molecule has 0 bridgehead atoms. The van der Waals surface area contributed by atoms with Crippen LogP contribution in [0, 0.1) is 28.5 Å². The fourth-order valence-electron chi connectivity index (χ4n) is 3.17. The summed E-state index contributed by atoms with van der Waals surface area (Å²) in [5.74, 6) is -0.702. The summed E-state index contributed by atoms with van der Waals surface area (Å²) in [7, 11) is 0. The summed E-state index contributed by atoms with van der Waals surface area (Å²) in [6.07, 6.45) is -8.64. The van der Waals surface area contributed by atoms with Crippen molar-refractivity contribution in [2.75, 3.05) is 0 Å². The van der Waals surface area contributed by atoms with E-state index in [0.717, 1.165) is 18.2 Å². The van der Waals surface area contributed by atoms with E-state index in [-0.39, 0.29) is 33.2 Å². The van der Waals surface area contributed by atoms with Crippen molar-refractivity contribution in [3.63, 3.8) is 0 Å². The van der Waals surface area contributed by atoms with E-state index in [4.69, 9.17) is 0 Å². The third-order valence-electron chi connectivity index (χ3n) is 4.33. The predicted molar refractivity (Wildman–Crippen MR) is 93.5 cm³/mol. The molecule has 3 rings (SSSR count). The summed E-state index contributed by atoms with van der Waals surface area (Å²) in [5.41, 5.74) is -2.15. The Balaban J connectivity index is 2.45. The summed E-state index contributed by atoms with van der Waals surface area (Å²) in [4.78, 5) is 0. The molecule has 0 aliphatic carbocycles. The first-order chi connectivity index (χ1) is 13.6. The molecule has 0 heterocycles. The molecule has 29 heavy (non-hydrogen) atoms. The Morgan fingerprint density at radius 1 is 0.931 bits per heavy atom. The first-order valence-corrected chi connectivity index (χ1v) is 8.20. The van der Waals surface area contributed by atoms with Gasteiger partial charge in [0.2, 0.25) is 6.43 Å². The van der Waals surface area contributed by atoms with Gasteiger partial charge in [0.1, 0.15) is 18.0 Å². The van der Waals surface area contributed by atoms with Gasteiger partial charge in [-0.2, -0.15) is 23.7 Å². The second-order valence-electron chi connectivity index (χ2n) is 6.27. The number of alkyl halides is 5. The van der Waals surface area contributed by atoms with Crippen LogP contribution in [0.25, 0.3) is 21.9 Å². The van der Waals surface area contributed by atoms with Crippen LogP contribution in [0.3, 0.4) is 0 Å². The van der Waals surface area contributed by atoms with Crippen LogP contribution in [0.2, 0.25) is 0 Å². The van der Waals surface area contributed by atoms with Gasteiger partial charge < -0.3 is 0 Å². The number of hydrogen-bond donors (Lipinski definition) is 0. The summed E-state index contributed by atoms with van der Waals surface area (Å²) in [6.45, 7) is 0. The number of nitrogens with zero attached hydrogens (tertiary/aromatic N) is 2. The zero-order valence-electron chi connectivity index (χ0n) is 14.5. The van der Waals surface area contributed by atoms with Gasteiger partial charge in [0.25, 0.3) is 0 Å². The van der Waals surface area contributed by atoms with E-state index in [1.54, 1.807) is 12.1 Å². The van der Waals surface area contributed by atoms with Crippen molar-refractivity contribution in [2.24, 2.45) is 0 Å². The van der Waals surface area contributed by atoms with Crippen LogP contribution >= 0.6 is 0 Å². The lowest BCUT2D eigenvalue weighted by molar-refractivity contribution is -0.137. The lowest BCUT2D eigenvalue weighted by Gasteiger charge is -2.16. The highest BCUT2D eigenvalue weighted by Crippen LogP contribution is 2.39. The van der Waals surface area contributed by atoms with E-state index in [1.807, 2.05) is 0 Å². The van der Waals surface area contributed by atoms with E-state index in [1.165, 1.54) is 12.1 Å². The number of nitriles is 2. The van der Waals surface area contributed by atoms with Gasteiger partial charge in [-0.05, 0) is 52.2 Å². The van der Waals surface area contributed by atoms with E-state index in [2.05, 4.69) is 0 Å². The lowest BCUT2D eigenvalue weighted by atomic mass is 9.88. The van der Waals surface area contributed by atoms with Crippen LogP contribution in [-0.4, -0.2) is 6.43 Å². The quantitative estimate of drug-likeness (QED) is 0.487. The minimum atomic E-state index is -4.83.